The topological polar surface area (TPSA) is 133 Å². The van der Waals surface area contributed by atoms with Crippen LogP contribution >= 0.6 is 0 Å². The maximum atomic E-state index is 13.5. The van der Waals surface area contributed by atoms with Gasteiger partial charge < -0.3 is 21.3 Å². The van der Waals surface area contributed by atoms with Gasteiger partial charge in [-0.3, -0.25) is 24.0 Å². The van der Waals surface area contributed by atoms with Gasteiger partial charge in [-0.2, -0.15) is 0 Å². The lowest BCUT2D eigenvalue weighted by atomic mass is 9.89. The van der Waals surface area contributed by atoms with Crippen molar-refractivity contribution in [3.63, 3.8) is 0 Å². The van der Waals surface area contributed by atoms with Crippen LogP contribution in [-0.2, 0) is 30.4 Å². The highest BCUT2D eigenvalue weighted by Gasteiger charge is 2.34. The third-order valence-electron chi connectivity index (χ3n) is 6.59. The lowest BCUT2D eigenvalue weighted by molar-refractivity contribution is -0.141. The molecule has 4 amide bonds. The summed E-state index contributed by atoms with van der Waals surface area (Å²) < 4.78 is 0. The number of Topliss-reactive ketones (excluding diaryl/α,β-unsaturated/α-hetero) is 1. The number of carbonyl (C=O) groups is 5. The van der Waals surface area contributed by atoms with Crippen molar-refractivity contribution in [3.8, 4) is 0 Å². The lowest BCUT2D eigenvalue weighted by Crippen LogP contribution is -2.55. The molecule has 0 saturated carbocycles. The Kier molecular flexibility index (Phi) is 11.6. The van der Waals surface area contributed by atoms with Crippen LogP contribution in [0.5, 0.6) is 0 Å². The summed E-state index contributed by atoms with van der Waals surface area (Å²) in [5.74, 6) is -3.33. The van der Waals surface area contributed by atoms with Gasteiger partial charge in [-0.15, -0.1) is 0 Å². The first-order valence-electron chi connectivity index (χ1n) is 13.7. The van der Waals surface area contributed by atoms with E-state index in [-0.39, 0.29) is 24.7 Å². The molecule has 0 radical (unpaired) electrons. The summed E-state index contributed by atoms with van der Waals surface area (Å²) in [6.45, 7) is 4.66. The van der Waals surface area contributed by atoms with Gasteiger partial charge in [0.25, 0.3) is 5.91 Å². The molecule has 3 atom stereocenters. The van der Waals surface area contributed by atoms with E-state index in [9.17, 15) is 24.0 Å². The lowest BCUT2D eigenvalue weighted by Gasteiger charge is -2.27. The van der Waals surface area contributed by atoms with Crippen molar-refractivity contribution in [1.82, 2.24) is 21.3 Å². The minimum atomic E-state index is -1.22. The third kappa shape index (κ3) is 9.80. The van der Waals surface area contributed by atoms with E-state index in [1.165, 1.54) is 6.08 Å². The number of carbonyl (C=O) groups excluding carboxylic acids is 5. The molecule has 2 aromatic rings. The van der Waals surface area contributed by atoms with Gasteiger partial charge in [0.2, 0.25) is 23.5 Å². The predicted molar refractivity (Wildman–Crippen MR) is 153 cm³/mol. The molecule has 40 heavy (non-hydrogen) atoms. The molecule has 1 aliphatic heterocycles. The number of nitrogens with one attached hydrogen (secondary N) is 4. The van der Waals surface area contributed by atoms with Gasteiger partial charge in [-0.1, -0.05) is 74.5 Å². The van der Waals surface area contributed by atoms with Crippen LogP contribution in [0.15, 0.2) is 66.7 Å². The van der Waals surface area contributed by atoms with Gasteiger partial charge in [0.05, 0.1) is 6.04 Å². The first-order chi connectivity index (χ1) is 19.2. The molecule has 0 aromatic heterocycles. The average Bonchev–Trinajstić information content (AvgIpc) is 2.95. The second-order valence-electron chi connectivity index (χ2n) is 10.4. The highest BCUT2D eigenvalue weighted by molar-refractivity contribution is 6.38. The van der Waals surface area contributed by atoms with Crippen LogP contribution in [0.3, 0.4) is 0 Å². The smallest absolute Gasteiger partial charge is 0.289 e. The summed E-state index contributed by atoms with van der Waals surface area (Å²) in [5, 5.41) is 10.8. The maximum Gasteiger partial charge on any atom is 0.289 e. The third-order valence-corrected chi connectivity index (χ3v) is 6.59. The zero-order chi connectivity index (χ0) is 28.9. The van der Waals surface area contributed by atoms with Crippen LogP contribution < -0.4 is 21.3 Å². The van der Waals surface area contributed by atoms with E-state index in [1.54, 1.807) is 6.08 Å². The van der Waals surface area contributed by atoms with Gasteiger partial charge in [0.15, 0.2) is 0 Å². The van der Waals surface area contributed by atoms with Crippen LogP contribution in [0, 0.1) is 11.8 Å². The Morgan fingerprint density at radius 1 is 0.950 bits per heavy atom. The molecule has 0 unspecified atom stereocenters. The molecule has 1 fully saturated rings. The van der Waals surface area contributed by atoms with Crippen LogP contribution in [0.25, 0.3) is 6.08 Å². The number of hydrogen-bond acceptors (Lipinski definition) is 5. The number of benzene rings is 2. The van der Waals surface area contributed by atoms with Crippen LogP contribution in [0.4, 0.5) is 0 Å². The van der Waals surface area contributed by atoms with Crippen LogP contribution in [0.2, 0.25) is 0 Å². The van der Waals surface area contributed by atoms with Crippen LogP contribution in [0.1, 0.15) is 44.2 Å². The van der Waals surface area contributed by atoms with Gasteiger partial charge in [0.1, 0.15) is 6.04 Å². The normalized spacial score (nSPS) is 16.6. The minimum Gasteiger partial charge on any atom is -0.356 e. The van der Waals surface area contributed by atoms with Gasteiger partial charge in [-0.25, -0.2) is 0 Å². The van der Waals surface area contributed by atoms with Crippen LogP contribution in [-0.4, -0.2) is 54.6 Å². The highest BCUT2D eigenvalue weighted by atomic mass is 16.2. The summed E-state index contributed by atoms with van der Waals surface area (Å²) in [6.07, 6.45) is 4.43. The van der Waals surface area contributed by atoms with E-state index in [2.05, 4.69) is 21.3 Å². The summed E-state index contributed by atoms with van der Waals surface area (Å²) in [7, 11) is 0. The van der Waals surface area contributed by atoms with Gasteiger partial charge in [-0.05, 0) is 42.4 Å². The van der Waals surface area contributed by atoms with Crippen molar-refractivity contribution in [2.45, 2.75) is 51.6 Å². The fourth-order valence-electron chi connectivity index (χ4n) is 4.41. The Labute approximate surface area is 235 Å². The zero-order valence-electron chi connectivity index (χ0n) is 23.0. The fourth-order valence-corrected chi connectivity index (χ4v) is 4.41. The van der Waals surface area contributed by atoms with Crippen molar-refractivity contribution < 1.29 is 24.0 Å². The van der Waals surface area contributed by atoms with E-state index in [0.717, 1.165) is 17.5 Å². The molecule has 1 aliphatic rings. The molecule has 4 N–H and O–H groups in total. The second-order valence-corrected chi connectivity index (χ2v) is 10.4. The Morgan fingerprint density at radius 2 is 1.62 bits per heavy atom. The Morgan fingerprint density at radius 3 is 2.27 bits per heavy atom. The molecule has 9 heteroatoms. The average molecular weight is 547 g/mol. The molecule has 212 valence electrons. The summed E-state index contributed by atoms with van der Waals surface area (Å²) in [4.78, 5) is 64.6. The van der Waals surface area contributed by atoms with Crippen molar-refractivity contribution >= 4 is 35.5 Å². The molecule has 1 saturated heterocycles. The standard InChI is InChI=1S/C31H38N4O5/c1-21(2)20-33-31(40)28(37)25(19-24-14-9-17-32-29(24)38)35-30(39)26(18-23-12-7-4-8-13-23)34-27(36)16-15-22-10-5-3-6-11-22/h3-8,10-13,15-16,21,24-26H,9,14,17-20H2,1-2H3,(H,32,38)(H,33,40)(H,34,36)(H,35,39)/b16-15+/t24-,25-,26-/m0/s1. The molecule has 1 heterocycles. The quantitative estimate of drug-likeness (QED) is 0.226. The molecule has 3 rings (SSSR count). The molecule has 2 aromatic carbocycles. The van der Waals surface area contributed by atoms with Gasteiger partial charge in [0, 0.05) is 31.5 Å². The van der Waals surface area contributed by atoms with Crippen molar-refractivity contribution in [1.29, 1.82) is 0 Å². The number of piperidine rings is 1. The number of amides is 4. The Hall–Kier alpha value is -4.27. The van der Waals surface area contributed by atoms with E-state index in [4.69, 9.17) is 0 Å². The highest BCUT2D eigenvalue weighted by Crippen LogP contribution is 2.18. The van der Waals surface area contributed by atoms with Gasteiger partial charge >= 0.3 is 0 Å². The Balaban J connectivity index is 1.79. The molecule has 0 spiro atoms. The fraction of sp³-hybridized carbons (Fsp3) is 0.387. The number of hydrogen-bond donors (Lipinski definition) is 4. The Bertz CT molecular complexity index is 1200. The van der Waals surface area contributed by atoms with E-state index in [1.807, 2.05) is 74.5 Å². The first-order valence-corrected chi connectivity index (χ1v) is 13.7. The number of rotatable bonds is 13. The predicted octanol–water partition coefficient (Wildman–Crippen LogP) is 2.17. The maximum absolute atomic E-state index is 13.5. The van der Waals surface area contributed by atoms with E-state index in [0.29, 0.717) is 19.5 Å². The molecule has 0 aliphatic carbocycles. The summed E-state index contributed by atoms with van der Waals surface area (Å²) >= 11 is 0. The summed E-state index contributed by atoms with van der Waals surface area (Å²) in [6, 6.07) is 16.2. The first kappa shape index (κ1) is 30.3. The van der Waals surface area contributed by atoms with Crippen molar-refractivity contribution in [3.05, 3.63) is 77.9 Å². The SMILES string of the molecule is CC(C)CNC(=O)C(=O)[C@H](C[C@@H]1CCCNC1=O)NC(=O)[C@H](Cc1ccccc1)NC(=O)/C=C/c1ccccc1. The monoisotopic (exact) mass is 546 g/mol. The van der Waals surface area contributed by atoms with Crippen molar-refractivity contribution in [2.24, 2.45) is 11.8 Å². The minimum absolute atomic E-state index is 0.00851. The van der Waals surface area contributed by atoms with Crippen molar-refractivity contribution in [2.75, 3.05) is 13.1 Å². The van der Waals surface area contributed by atoms with E-state index < -0.39 is 41.5 Å². The molecular formula is C31H38N4O5. The molecule has 9 nitrogen and oxygen atoms in total. The largest absolute Gasteiger partial charge is 0.356 e. The molecule has 0 bridgehead atoms. The molecular weight excluding hydrogens is 508 g/mol. The number of ketones is 1. The van der Waals surface area contributed by atoms with E-state index >= 15 is 0 Å². The second kappa shape index (κ2) is 15.4. The zero-order valence-corrected chi connectivity index (χ0v) is 23.0. The summed E-state index contributed by atoms with van der Waals surface area (Å²) in [5.41, 5.74) is 1.63.